The van der Waals surface area contributed by atoms with Crippen molar-refractivity contribution in [1.82, 2.24) is 5.32 Å². The maximum atomic E-state index is 5.91. The summed E-state index contributed by atoms with van der Waals surface area (Å²) in [5, 5.41) is 3.31. The van der Waals surface area contributed by atoms with Gasteiger partial charge in [0.1, 0.15) is 0 Å². The van der Waals surface area contributed by atoms with Crippen LogP contribution in [-0.4, -0.2) is 51.7 Å². The fraction of sp³-hybridized carbons (Fsp3) is 1.00. The number of rotatable bonds is 4. The molecular weight excluding hydrogens is 206 g/mol. The van der Waals surface area contributed by atoms with E-state index in [2.05, 4.69) is 5.32 Å². The highest BCUT2D eigenvalue weighted by atomic mass is 16.5. The number of ether oxygens (including phenoxy) is 3. The zero-order chi connectivity index (χ0) is 11.2. The van der Waals surface area contributed by atoms with Gasteiger partial charge in [0.2, 0.25) is 0 Å². The van der Waals surface area contributed by atoms with Crippen molar-refractivity contribution in [3.8, 4) is 0 Å². The maximum Gasteiger partial charge on any atom is 0.0933 e. The van der Waals surface area contributed by atoms with E-state index >= 15 is 0 Å². The van der Waals surface area contributed by atoms with E-state index in [1.165, 1.54) is 19.3 Å². The zero-order valence-electron chi connectivity index (χ0n) is 10.1. The lowest BCUT2D eigenvalue weighted by Gasteiger charge is -2.30. The molecule has 16 heavy (non-hydrogen) atoms. The van der Waals surface area contributed by atoms with Gasteiger partial charge in [-0.25, -0.2) is 0 Å². The lowest BCUT2D eigenvalue weighted by molar-refractivity contribution is -0.0802. The highest BCUT2D eigenvalue weighted by Gasteiger charge is 2.23. The van der Waals surface area contributed by atoms with Crippen LogP contribution in [0, 0.1) is 0 Å². The van der Waals surface area contributed by atoms with Crippen molar-refractivity contribution in [2.24, 2.45) is 0 Å². The van der Waals surface area contributed by atoms with Crippen molar-refractivity contribution in [3.05, 3.63) is 0 Å². The Kier molecular flexibility index (Phi) is 5.03. The summed E-state index contributed by atoms with van der Waals surface area (Å²) in [7, 11) is 1.79. The molecule has 0 radical (unpaired) electrons. The number of hydrogen-bond acceptors (Lipinski definition) is 4. The second-order valence-electron chi connectivity index (χ2n) is 4.68. The predicted octanol–water partition coefficient (Wildman–Crippen LogP) is 0.949. The van der Waals surface area contributed by atoms with Gasteiger partial charge in [-0.2, -0.15) is 0 Å². The van der Waals surface area contributed by atoms with Crippen molar-refractivity contribution in [2.45, 2.75) is 44.0 Å². The van der Waals surface area contributed by atoms with Crippen LogP contribution in [0.15, 0.2) is 0 Å². The first kappa shape index (κ1) is 12.3. The molecular formula is C12H23NO3. The molecule has 94 valence electrons. The van der Waals surface area contributed by atoms with Crippen molar-refractivity contribution >= 4 is 0 Å². The molecule has 0 bridgehead atoms. The molecule has 0 aromatic rings. The van der Waals surface area contributed by atoms with Crippen LogP contribution in [0.3, 0.4) is 0 Å². The van der Waals surface area contributed by atoms with Crippen LogP contribution in [0.2, 0.25) is 0 Å². The van der Waals surface area contributed by atoms with Gasteiger partial charge in [-0.3, -0.25) is 0 Å². The molecule has 4 heteroatoms. The highest BCUT2D eigenvalue weighted by molar-refractivity contribution is 4.75. The van der Waals surface area contributed by atoms with E-state index in [9.17, 15) is 0 Å². The predicted molar refractivity (Wildman–Crippen MR) is 61.6 cm³/mol. The monoisotopic (exact) mass is 229 g/mol. The van der Waals surface area contributed by atoms with Crippen LogP contribution >= 0.6 is 0 Å². The third-order valence-electron chi connectivity index (χ3n) is 3.43. The van der Waals surface area contributed by atoms with Gasteiger partial charge in [0, 0.05) is 20.2 Å². The molecule has 1 heterocycles. The Labute approximate surface area is 97.6 Å². The van der Waals surface area contributed by atoms with Crippen LogP contribution in [0.1, 0.15) is 25.7 Å². The summed E-state index contributed by atoms with van der Waals surface area (Å²) in [5.41, 5.74) is 0. The molecule has 4 nitrogen and oxygen atoms in total. The van der Waals surface area contributed by atoms with Crippen LogP contribution < -0.4 is 5.32 Å². The Morgan fingerprint density at radius 1 is 1.31 bits per heavy atom. The Morgan fingerprint density at radius 3 is 2.94 bits per heavy atom. The molecule has 0 aromatic carbocycles. The van der Waals surface area contributed by atoms with Gasteiger partial charge in [0.05, 0.1) is 31.5 Å². The third-order valence-corrected chi connectivity index (χ3v) is 3.43. The summed E-state index contributed by atoms with van der Waals surface area (Å²) >= 11 is 0. The standard InChI is InChI=1S/C12H23NO3/c1-14-10-3-2-4-11(7-10)16-9-12-8-13-5-6-15-12/h10-13H,2-9H2,1H3/t10-,11+,12-/m1/s1. The second-order valence-corrected chi connectivity index (χ2v) is 4.68. The smallest absolute Gasteiger partial charge is 0.0933 e. The van der Waals surface area contributed by atoms with Gasteiger partial charge >= 0.3 is 0 Å². The normalized spacial score (nSPS) is 36.2. The first-order chi connectivity index (χ1) is 7.88. The third kappa shape index (κ3) is 3.70. The molecule has 2 rings (SSSR count). The number of morpholine rings is 1. The molecule has 0 spiro atoms. The molecule has 2 fully saturated rings. The fourth-order valence-electron chi connectivity index (χ4n) is 2.44. The average Bonchev–Trinajstić information content (AvgIpc) is 2.38. The zero-order valence-corrected chi connectivity index (χ0v) is 10.1. The van der Waals surface area contributed by atoms with Gasteiger partial charge in [0.15, 0.2) is 0 Å². The molecule has 1 aliphatic carbocycles. The average molecular weight is 229 g/mol. The molecule has 1 saturated heterocycles. The fourth-order valence-corrected chi connectivity index (χ4v) is 2.44. The maximum absolute atomic E-state index is 5.91. The summed E-state index contributed by atoms with van der Waals surface area (Å²) in [4.78, 5) is 0. The first-order valence-electron chi connectivity index (χ1n) is 6.35. The molecule has 0 unspecified atom stereocenters. The number of nitrogens with one attached hydrogen (secondary N) is 1. The van der Waals surface area contributed by atoms with E-state index in [4.69, 9.17) is 14.2 Å². The van der Waals surface area contributed by atoms with Crippen LogP contribution in [-0.2, 0) is 14.2 Å². The molecule has 0 aromatic heterocycles. The van der Waals surface area contributed by atoms with E-state index in [0.29, 0.717) is 18.8 Å². The summed E-state index contributed by atoms with van der Waals surface area (Å²) in [6.45, 7) is 3.40. The Morgan fingerprint density at radius 2 is 2.19 bits per heavy atom. The van der Waals surface area contributed by atoms with Crippen LogP contribution in [0.5, 0.6) is 0 Å². The molecule has 2 aliphatic rings. The highest BCUT2D eigenvalue weighted by Crippen LogP contribution is 2.23. The van der Waals surface area contributed by atoms with Gasteiger partial charge in [0.25, 0.3) is 0 Å². The minimum absolute atomic E-state index is 0.233. The Hall–Kier alpha value is -0.160. The summed E-state index contributed by atoms with van der Waals surface area (Å²) in [6, 6.07) is 0. The molecule has 1 saturated carbocycles. The van der Waals surface area contributed by atoms with E-state index in [-0.39, 0.29) is 6.10 Å². The van der Waals surface area contributed by atoms with Crippen molar-refractivity contribution in [2.75, 3.05) is 33.4 Å². The van der Waals surface area contributed by atoms with E-state index in [1.807, 2.05) is 0 Å². The van der Waals surface area contributed by atoms with Crippen LogP contribution in [0.4, 0.5) is 0 Å². The van der Waals surface area contributed by atoms with Gasteiger partial charge in [-0.15, -0.1) is 0 Å². The SMILES string of the molecule is CO[C@@H]1CCC[C@H](OC[C@H]2CNCCO2)C1. The molecule has 3 atom stereocenters. The van der Waals surface area contributed by atoms with Gasteiger partial charge in [-0.1, -0.05) is 0 Å². The van der Waals surface area contributed by atoms with Gasteiger partial charge < -0.3 is 19.5 Å². The van der Waals surface area contributed by atoms with Crippen molar-refractivity contribution in [1.29, 1.82) is 0 Å². The number of hydrogen-bond donors (Lipinski definition) is 1. The van der Waals surface area contributed by atoms with E-state index in [0.717, 1.165) is 26.1 Å². The van der Waals surface area contributed by atoms with Crippen molar-refractivity contribution < 1.29 is 14.2 Å². The lowest BCUT2D eigenvalue weighted by Crippen LogP contribution is -2.42. The number of methoxy groups -OCH3 is 1. The molecule has 1 N–H and O–H groups in total. The summed E-state index contributed by atoms with van der Waals surface area (Å²) < 4.78 is 16.9. The molecule has 0 amide bonds. The van der Waals surface area contributed by atoms with Crippen LogP contribution in [0.25, 0.3) is 0 Å². The second kappa shape index (κ2) is 6.55. The first-order valence-corrected chi connectivity index (χ1v) is 6.35. The largest absolute Gasteiger partial charge is 0.381 e. The summed E-state index contributed by atoms with van der Waals surface area (Å²) in [5.74, 6) is 0. The lowest BCUT2D eigenvalue weighted by atomic mass is 9.95. The molecule has 1 aliphatic heterocycles. The Balaban J connectivity index is 1.64. The quantitative estimate of drug-likeness (QED) is 0.779. The minimum Gasteiger partial charge on any atom is -0.381 e. The van der Waals surface area contributed by atoms with E-state index < -0.39 is 0 Å². The summed E-state index contributed by atoms with van der Waals surface area (Å²) in [6.07, 6.45) is 5.59. The minimum atomic E-state index is 0.233. The Bertz CT molecular complexity index is 195. The topological polar surface area (TPSA) is 39.7 Å². The van der Waals surface area contributed by atoms with E-state index in [1.54, 1.807) is 7.11 Å². The van der Waals surface area contributed by atoms with Crippen molar-refractivity contribution in [3.63, 3.8) is 0 Å². The van der Waals surface area contributed by atoms with Gasteiger partial charge in [-0.05, 0) is 25.7 Å².